The van der Waals surface area contributed by atoms with E-state index in [4.69, 9.17) is 0 Å². The summed E-state index contributed by atoms with van der Waals surface area (Å²) >= 11 is 0. The molecule has 0 saturated heterocycles. The molecule has 2 nitrogen and oxygen atoms in total. The van der Waals surface area contributed by atoms with Crippen molar-refractivity contribution in [3.05, 3.63) is 42.1 Å². The normalized spacial score (nSPS) is 13.7. The van der Waals surface area contributed by atoms with Crippen LogP contribution in [0.3, 0.4) is 0 Å². The van der Waals surface area contributed by atoms with Gasteiger partial charge in [-0.25, -0.2) is 0 Å². The van der Waals surface area contributed by atoms with E-state index in [0.717, 1.165) is 11.9 Å². The van der Waals surface area contributed by atoms with E-state index in [1.807, 2.05) is 19.3 Å². The van der Waals surface area contributed by atoms with Crippen LogP contribution in [-0.4, -0.2) is 12.0 Å². The Morgan fingerprint density at radius 3 is 2.63 bits per heavy atom. The van der Waals surface area contributed by atoms with E-state index in [2.05, 4.69) is 55.3 Å². The molecule has 19 heavy (non-hydrogen) atoms. The van der Waals surface area contributed by atoms with Gasteiger partial charge in [0.2, 0.25) is 0 Å². The van der Waals surface area contributed by atoms with Crippen LogP contribution in [0.1, 0.15) is 45.2 Å². The highest BCUT2D eigenvalue weighted by Crippen LogP contribution is 2.30. The molecule has 1 heterocycles. The number of fused-ring (bicyclic) bond motifs is 1. The molecule has 0 spiro atoms. The third-order valence-electron chi connectivity index (χ3n) is 3.59. The van der Waals surface area contributed by atoms with Crippen LogP contribution in [0.4, 0.5) is 0 Å². The first-order chi connectivity index (χ1) is 9.01. The molecule has 0 radical (unpaired) electrons. The average molecular weight is 256 g/mol. The molecule has 1 atom stereocenters. The molecule has 0 amide bonds. The Bertz CT molecular complexity index is 535. The molecule has 2 heteroatoms. The highest BCUT2D eigenvalue weighted by atomic mass is 14.9. The molecule has 0 fully saturated rings. The smallest absolute Gasteiger partial charge is 0.0705 e. The Balaban J connectivity index is 2.30. The number of pyridine rings is 1. The van der Waals surface area contributed by atoms with Crippen molar-refractivity contribution < 1.29 is 0 Å². The topological polar surface area (TPSA) is 24.9 Å². The molecule has 102 valence electrons. The summed E-state index contributed by atoms with van der Waals surface area (Å²) in [4.78, 5) is 4.44. The number of aromatic nitrogens is 1. The van der Waals surface area contributed by atoms with Crippen LogP contribution in [0.5, 0.6) is 0 Å². The minimum absolute atomic E-state index is 0.373. The van der Waals surface area contributed by atoms with Crippen LogP contribution >= 0.6 is 0 Å². The first-order valence-corrected chi connectivity index (χ1v) is 7.02. The second-order valence-corrected chi connectivity index (χ2v) is 6.36. The molecule has 2 rings (SSSR count). The Morgan fingerprint density at radius 2 is 1.95 bits per heavy atom. The van der Waals surface area contributed by atoms with E-state index < -0.39 is 0 Å². The minimum atomic E-state index is 0.373. The van der Waals surface area contributed by atoms with Gasteiger partial charge in [0.1, 0.15) is 0 Å². The summed E-state index contributed by atoms with van der Waals surface area (Å²) in [5.74, 6) is 0. The number of hydrogen-bond donors (Lipinski definition) is 1. The van der Waals surface area contributed by atoms with Crippen LogP contribution in [0.25, 0.3) is 10.9 Å². The summed E-state index contributed by atoms with van der Waals surface area (Å²) in [6.07, 6.45) is 4.21. The lowest BCUT2D eigenvalue weighted by Crippen LogP contribution is -2.19. The maximum Gasteiger partial charge on any atom is 0.0705 e. The first kappa shape index (κ1) is 14.0. The van der Waals surface area contributed by atoms with Gasteiger partial charge < -0.3 is 5.32 Å². The molecule has 1 N–H and O–H groups in total. The standard InChI is InChI=1S/C17H24N2/c1-17(2,3)11-10-15(18-4)13-7-5-9-16-14(13)8-6-12-19-16/h5-9,12,15,18H,10-11H2,1-4H3. The summed E-state index contributed by atoms with van der Waals surface area (Å²) < 4.78 is 0. The summed E-state index contributed by atoms with van der Waals surface area (Å²) in [7, 11) is 2.04. The zero-order valence-electron chi connectivity index (χ0n) is 12.4. The van der Waals surface area contributed by atoms with Gasteiger partial charge in [-0.2, -0.15) is 0 Å². The lowest BCUT2D eigenvalue weighted by atomic mass is 9.86. The van der Waals surface area contributed by atoms with E-state index in [1.54, 1.807) is 0 Å². The van der Waals surface area contributed by atoms with Crippen LogP contribution in [0.2, 0.25) is 0 Å². The van der Waals surface area contributed by atoms with Gasteiger partial charge in [0.05, 0.1) is 5.52 Å². The third-order valence-corrected chi connectivity index (χ3v) is 3.59. The molecular weight excluding hydrogens is 232 g/mol. The minimum Gasteiger partial charge on any atom is -0.313 e. The fraction of sp³-hybridized carbons (Fsp3) is 0.471. The van der Waals surface area contributed by atoms with Crippen LogP contribution < -0.4 is 5.32 Å². The van der Waals surface area contributed by atoms with E-state index in [1.165, 1.54) is 17.4 Å². The number of rotatable bonds is 4. The Kier molecular flexibility index (Phi) is 4.20. The van der Waals surface area contributed by atoms with Gasteiger partial charge in [0, 0.05) is 17.6 Å². The lowest BCUT2D eigenvalue weighted by molar-refractivity contribution is 0.338. The molecule has 1 aromatic carbocycles. The zero-order chi connectivity index (χ0) is 13.9. The molecule has 2 aromatic rings. The molecule has 0 bridgehead atoms. The Labute approximate surface area is 116 Å². The maximum atomic E-state index is 4.44. The van der Waals surface area contributed by atoms with Crippen molar-refractivity contribution in [3.8, 4) is 0 Å². The molecular formula is C17H24N2. The van der Waals surface area contributed by atoms with Crippen LogP contribution in [0, 0.1) is 5.41 Å². The quantitative estimate of drug-likeness (QED) is 0.881. The summed E-state index contributed by atoms with van der Waals surface area (Å²) in [6.45, 7) is 6.89. The van der Waals surface area contributed by atoms with E-state index in [9.17, 15) is 0 Å². The second kappa shape index (κ2) is 5.70. The molecule has 0 aliphatic rings. The van der Waals surface area contributed by atoms with Crippen molar-refractivity contribution in [2.24, 2.45) is 5.41 Å². The van der Waals surface area contributed by atoms with E-state index in [-0.39, 0.29) is 0 Å². The number of nitrogens with zero attached hydrogens (tertiary/aromatic N) is 1. The zero-order valence-corrected chi connectivity index (χ0v) is 12.4. The third kappa shape index (κ3) is 3.54. The largest absolute Gasteiger partial charge is 0.313 e. The van der Waals surface area contributed by atoms with Gasteiger partial charge in [-0.3, -0.25) is 4.98 Å². The SMILES string of the molecule is CNC(CCC(C)(C)C)c1cccc2ncccc12. The van der Waals surface area contributed by atoms with Gasteiger partial charge in [0.25, 0.3) is 0 Å². The van der Waals surface area contributed by atoms with Gasteiger partial charge in [-0.05, 0) is 43.0 Å². The van der Waals surface area contributed by atoms with Crippen molar-refractivity contribution in [1.82, 2.24) is 10.3 Å². The monoisotopic (exact) mass is 256 g/mol. The molecule has 0 aliphatic heterocycles. The Hall–Kier alpha value is -1.41. The molecule has 1 unspecified atom stereocenters. The first-order valence-electron chi connectivity index (χ1n) is 7.02. The van der Waals surface area contributed by atoms with Gasteiger partial charge in [-0.1, -0.05) is 39.0 Å². The van der Waals surface area contributed by atoms with Crippen LogP contribution in [0.15, 0.2) is 36.5 Å². The lowest BCUT2D eigenvalue weighted by Gasteiger charge is -2.24. The summed E-state index contributed by atoms with van der Waals surface area (Å²) in [5, 5.41) is 4.72. The van der Waals surface area contributed by atoms with Gasteiger partial charge in [-0.15, -0.1) is 0 Å². The van der Waals surface area contributed by atoms with Crippen molar-refractivity contribution in [2.45, 2.75) is 39.7 Å². The summed E-state index contributed by atoms with van der Waals surface area (Å²) in [5.41, 5.74) is 2.81. The highest BCUT2D eigenvalue weighted by molar-refractivity contribution is 5.82. The second-order valence-electron chi connectivity index (χ2n) is 6.36. The predicted octanol–water partition coefficient (Wildman–Crippen LogP) is 4.32. The van der Waals surface area contributed by atoms with Crippen molar-refractivity contribution >= 4 is 10.9 Å². The fourth-order valence-corrected chi connectivity index (χ4v) is 2.46. The fourth-order valence-electron chi connectivity index (χ4n) is 2.46. The predicted molar refractivity (Wildman–Crippen MR) is 82.2 cm³/mol. The van der Waals surface area contributed by atoms with Gasteiger partial charge >= 0.3 is 0 Å². The molecule has 1 aromatic heterocycles. The number of benzene rings is 1. The van der Waals surface area contributed by atoms with E-state index in [0.29, 0.717) is 11.5 Å². The molecule has 0 aliphatic carbocycles. The van der Waals surface area contributed by atoms with Crippen molar-refractivity contribution in [1.29, 1.82) is 0 Å². The maximum absolute atomic E-state index is 4.44. The van der Waals surface area contributed by atoms with Crippen LogP contribution in [-0.2, 0) is 0 Å². The number of nitrogens with one attached hydrogen (secondary N) is 1. The molecule has 0 saturated carbocycles. The van der Waals surface area contributed by atoms with E-state index >= 15 is 0 Å². The van der Waals surface area contributed by atoms with Crippen molar-refractivity contribution in [2.75, 3.05) is 7.05 Å². The van der Waals surface area contributed by atoms with Crippen molar-refractivity contribution in [3.63, 3.8) is 0 Å². The highest BCUT2D eigenvalue weighted by Gasteiger charge is 2.17. The Morgan fingerprint density at radius 1 is 1.16 bits per heavy atom. The van der Waals surface area contributed by atoms with Gasteiger partial charge in [0.15, 0.2) is 0 Å². The summed E-state index contributed by atoms with van der Waals surface area (Å²) in [6, 6.07) is 11.0. The number of hydrogen-bond acceptors (Lipinski definition) is 2. The average Bonchev–Trinajstić information content (AvgIpc) is 2.38.